The molecule has 1 aromatic heterocycles. The molecule has 1 N–H and O–H groups in total. The SMILES string of the molecule is CCC1COCCN1c1ncc[nH]1. The number of H-pyrrole nitrogens is 1. The van der Waals surface area contributed by atoms with Crippen molar-refractivity contribution in [3.8, 4) is 0 Å². The fourth-order valence-electron chi connectivity index (χ4n) is 1.69. The van der Waals surface area contributed by atoms with Crippen molar-refractivity contribution in [2.45, 2.75) is 19.4 Å². The molecule has 4 nitrogen and oxygen atoms in total. The van der Waals surface area contributed by atoms with Crippen molar-refractivity contribution in [1.82, 2.24) is 9.97 Å². The van der Waals surface area contributed by atoms with Crippen LogP contribution in [0.1, 0.15) is 13.3 Å². The van der Waals surface area contributed by atoms with Gasteiger partial charge in [-0.25, -0.2) is 4.98 Å². The van der Waals surface area contributed by atoms with Crippen molar-refractivity contribution in [2.24, 2.45) is 0 Å². The molecule has 2 rings (SSSR count). The van der Waals surface area contributed by atoms with Crippen LogP contribution in [0.4, 0.5) is 5.95 Å². The summed E-state index contributed by atoms with van der Waals surface area (Å²) in [6.45, 7) is 4.73. The van der Waals surface area contributed by atoms with E-state index in [-0.39, 0.29) is 0 Å². The summed E-state index contributed by atoms with van der Waals surface area (Å²) in [5.74, 6) is 0.968. The lowest BCUT2D eigenvalue weighted by Crippen LogP contribution is -2.45. The fraction of sp³-hybridized carbons (Fsp3) is 0.667. The Balaban J connectivity index is 2.11. The number of rotatable bonds is 2. The van der Waals surface area contributed by atoms with Gasteiger partial charge >= 0.3 is 0 Å². The van der Waals surface area contributed by atoms with Gasteiger partial charge in [0.05, 0.1) is 19.3 Å². The largest absolute Gasteiger partial charge is 0.377 e. The van der Waals surface area contributed by atoms with Gasteiger partial charge in [0.25, 0.3) is 0 Å². The molecule has 2 heterocycles. The van der Waals surface area contributed by atoms with Gasteiger partial charge in [0, 0.05) is 18.9 Å². The van der Waals surface area contributed by atoms with E-state index in [0.717, 1.165) is 32.1 Å². The van der Waals surface area contributed by atoms with E-state index in [0.29, 0.717) is 6.04 Å². The predicted octanol–water partition coefficient (Wildman–Crippen LogP) is 1.02. The minimum Gasteiger partial charge on any atom is -0.377 e. The topological polar surface area (TPSA) is 41.1 Å². The highest BCUT2D eigenvalue weighted by Gasteiger charge is 2.22. The lowest BCUT2D eigenvalue weighted by molar-refractivity contribution is 0.0922. The average Bonchev–Trinajstić information content (AvgIpc) is 2.70. The Bertz CT molecular complexity index is 247. The highest BCUT2D eigenvalue weighted by Crippen LogP contribution is 2.16. The maximum absolute atomic E-state index is 5.42. The third-order valence-corrected chi connectivity index (χ3v) is 2.45. The molecular weight excluding hydrogens is 166 g/mol. The Labute approximate surface area is 77.9 Å². The molecule has 0 aliphatic carbocycles. The van der Waals surface area contributed by atoms with Crippen LogP contribution in [0.5, 0.6) is 0 Å². The molecule has 0 amide bonds. The second kappa shape index (κ2) is 3.79. The Hall–Kier alpha value is -1.03. The zero-order valence-corrected chi connectivity index (χ0v) is 7.86. The first-order valence-electron chi connectivity index (χ1n) is 4.75. The molecule has 1 aliphatic heterocycles. The molecule has 0 radical (unpaired) electrons. The number of hydrogen-bond acceptors (Lipinski definition) is 3. The Morgan fingerprint density at radius 2 is 2.69 bits per heavy atom. The number of aromatic amines is 1. The third kappa shape index (κ3) is 1.67. The van der Waals surface area contributed by atoms with Crippen molar-refractivity contribution in [1.29, 1.82) is 0 Å². The third-order valence-electron chi connectivity index (χ3n) is 2.45. The summed E-state index contributed by atoms with van der Waals surface area (Å²) in [4.78, 5) is 9.66. The number of anilines is 1. The molecule has 1 aromatic rings. The van der Waals surface area contributed by atoms with E-state index < -0.39 is 0 Å². The van der Waals surface area contributed by atoms with Crippen molar-refractivity contribution < 1.29 is 4.74 Å². The maximum Gasteiger partial charge on any atom is 0.203 e. The van der Waals surface area contributed by atoms with E-state index in [2.05, 4.69) is 21.8 Å². The van der Waals surface area contributed by atoms with Crippen LogP contribution < -0.4 is 4.90 Å². The van der Waals surface area contributed by atoms with Crippen molar-refractivity contribution in [3.63, 3.8) is 0 Å². The molecule has 1 fully saturated rings. The standard InChI is InChI=1S/C9H15N3O/c1-2-8-7-13-6-5-12(8)9-10-3-4-11-9/h3-4,8H,2,5-7H2,1H3,(H,10,11). The monoisotopic (exact) mass is 181 g/mol. The molecule has 1 unspecified atom stereocenters. The molecule has 1 saturated heterocycles. The molecule has 13 heavy (non-hydrogen) atoms. The number of nitrogens with one attached hydrogen (secondary N) is 1. The molecule has 72 valence electrons. The smallest absolute Gasteiger partial charge is 0.203 e. The molecular formula is C9H15N3O. The van der Waals surface area contributed by atoms with Crippen molar-refractivity contribution in [2.75, 3.05) is 24.7 Å². The van der Waals surface area contributed by atoms with Crippen LogP contribution in [0.15, 0.2) is 12.4 Å². The van der Waals surface area contributed by atoms with Crippen LogP contribution in [-0.2, 0) is 4.74 Å². The first-order valence-corrected chi connectivity index (χ1v) is 4.75. The summed E-state index contributed by atoms with van der Waals surface area (Å²) < 4.78 is 5.42. The Morgan fingerprint density at radius 1 is 1.77 bits per heavy atom. The molecule has 0 saturated carbocycles. The van der Waals surface area contributed by atoms with Crippen LogP contribution in [0.2, 0.25) is 0 Å². The number of aromatic nitrogens is 2. The zero-order chi connectivity index (χ0) is 9.10. The van der Waals surface area contributed by atoms with Gasteiger partial charge < -0.3 is 14.6 Å². The first-order chi connectivity index (χ1) is 6.42. The van der Waals surface area contributed by atoms with Gasteiger partial charge in [-0.2, -0.15) is 0 Å². The van der Waals surface area contributed by atoms with Gasteiger partial charge in [-0.05, 0) is 6.42 Å². The summed E-state index contributed by atoms with van der Waals surface area (Å²) in [7, 11) is 0. The second-order valence-corrected chi connectivity index (χ2v) is 3.24. The number of ether oxygens (including phenoxy) is 1. The van der Waals surface area contributed by atoms with Crippen LogP contribution >= 0.6 is 0 Å². The van der Waals surface area contributed by atoms with E-state index in [1.165, 1.54) is 0 Å². The second-order valence-electron chi connectivity index (χ2n) is 3.24. The molecule has 1 aliphatic rings. The minimum absolute atomic E-state index is 0.472. The molecule has 0 spiro atoms. The van der Waals surface area contributed by atoms with Crippen LogP contribution in [0.3, 0.4) is 0 Å². The van der Waals surface area contributed by atoms with Gasteiger partial charge in [-0.3, -0.25) is 0 Å². The lowest BCUT2D eigenvalue weighted by Gasteiger charge is -2.34. The summed E-state index contributed by atoms with van der Waals surface area (Å²) >= 11 is 0. The quantitative estimate of drug-likeness (QED) is 0.740. The Kier molecular flexibility index (Phi) is 2.49. The molecule has 0 aromatic carbocycles. The van der Waals surface area contributed by atoms with Gasteiger partial charge in [-0.1, -0.05) is 6.92 Å². The van der Waals surface area contributed by atoms with Gasteiger partial charge in [0.2, 0.25) is 5.95 Å². The van der Waals surface area contributed by atoms with Crippen molar-refractivity contribution in [3.05, 3.63) is 12.4 Å². The van der Waals surface area contributed by atoms with E-state index in [4.69, 9.17) is 4.74 Å². The van der Waals surface area contributed by atoms with Crippen LogP contribution in [0, 0.1) is 0 Å². The maximum atomic E-state index is 5.42. The number of hydrogen-bond donors (Lipinski definition) is 1. The Morgan fingerprint density at radius 3 is 3.38 bits per heavy atom. The fourth-order valence-corrected chi connectivity index (χ4v) is 1.69. The van der Waals surface area contributed by atoms with Gasteiger partial charge in [0.1, 0.15) is 0 Å². The summed E-state index contributed by atoms with van der Waals surface area (Å²) in [6.07, 6.45) is 4.75. The molecule has 4 heteroatoms. The summed E-state index contributed by atoms with van der Waals surface area (Å²) in [5.41, 5.74) is 0. The van der Waals surface area contributed by atoms with E-state index >= 15 is 0 Å². The predicted molar refractivity (Wildman–Crippen MR) is 50.8 cm³/mol. The number of morpholine rings is 1. The first kappa shape index (κ1) is 8.56. The lowest BCUT2D eigenvalue weighted by atomic mass is 10.2. The van der Waals surface area contributed by atoms with Gasteiger partial charge in [-0.15, -0.1) is 0 Å². The summed E-state index contributed by atoms with van der Waals surface area (Å²) in [6, 6.07) is 0.472. The van der Waals surface area contributed by atoms with Gasteiger partial charge in [0.15, 0.2) is 0 Å². The minimum atomic E-state index is 0.472. The highest BCUT2D eigenvalue weighted by atomic mass is 16.5. The van der Waals surface area contributed by atoms with Crippen LogP contribution in [-0.4, -0.2) is 35.8 Å². The summed E-state index contributed by atoms with van der Waals surface area (Å²) in [5, 5.41) is 0. The van der Waals surface area contributed by atoms with E-state index in [1.54, 1.807) is 6.20 Å². The number of nitrogens with zero attached hydrogens (tertiary/aromatic N) is 2. The highest BCUT2D eigenvalue weighted by molar-refractivity contribution is 5.31. The van der Waals surface area contributed by atoms with E-state index in [9.17, 15) is 0 Å². The molecule has 0 bridgehead atoms. The van der Waals surface area contributed by atoms with Crippen molar-refractivity contribution >= 4 is 5.95 Å². The average molecular weight is 181 g/mol. The normalized spacial score (nSPS) is 23.5. The number of imidazole rings is 1. The van der Waals surface area contributed by atoms with Crippen LogP contribution in [0.25, 0.3) is 0 Å². The molecule has 1 atom stereocenters. The zero-order valence-electron chi connectivity index (χ0n) is 7.86. The van der Waals surface area contributed by atoms with E-state index in [1.807, 2.05) is 6.20 Å².